The van der Waals surface area contributed by atoms with Gasteiger partial charge in [-0.2, -0.15) is 13.2 Å². The number of piperazine rings is 3. The number of carbonyl (C=O) groups is 4. The van der Waals surface area contributed by atoms with E-state index in [0.29, 0.717) is 52.7 Å². The number of para-hydroxylation sites is 3. The second kappa shape index (κ2) is 38.9. The summed E-state index contributed by atoms with van der Waals surface area (Å²) >= 11 is 10.1. The first-order chi connectivity index (χ1) is 58.1. The molecule has 9 aromatic heterocycles. The van der Waals surface area contributed by atoms with Crippen LogP contribution >= 0.6 is 45.6 Å². The summed E-state index contributed by atoms with van der Waals surface area (Å²) in [6.07, 6.45) is -5.32. The van der Waals surface area contributed by atoms with Crippen LogP contribution in [0.3, 0.4) is 0 Å². The number of benzene rings is 3. The maximum absolute atomic E-state index is 12.5. The molecule has 121 heavy (non-hydrogen) atoms. The first-order valence-corrected chi connectivity index (χ1v) is 44.1. The second-order valence-corrected chi connectivity index (χ2v) is 35.1. The molecule has 27 nitrogen and oxygen atoms in total. The SMILES string of the molecule is CC(C)C(=O)Cl.Cc1oc2ccccc2c1-c1nc(N2CCOCC2)nc2c(CN3CCN(C(=O)C(C)C)CC3)csc12.Cc1oc2ccccc2c1-c1nc(N2CCOCC2)nc2c(CN3CCN(C(=O)OC(C)(C)C)CC3)csc12.Cc1oc2ccccc2c1-c1nc(N2CCOCC2)nc2c(CN3CCNCC3)csc12.O=C(O)C(F)(F)F. The molecule has 0 aliphatic carbocycles. The Labute approximate surface area is 716 Å². The van der Waals surface area contributed by atoms with Gasteiger partial charge in [0.15, 0.2) is 0 Å². The van der Waals surface area contributed by atoms with Gasteiger partial charge in [0, 0.05) is 182 Å². The number of carboxylic acid groups (broad SMARTS) is 1. The van der Waals surface area contributed by atoms with Gasteiger partial charge in [0.2, 0.25) is 29.0 Å². The Bertz CT molecular complexity index is 5620. The molecule has 15 heterocycles. The van der Waals surface area contributed by atoms with E-state index >= 15 is 0 Å². The van der Waals surface area contributed by atoms with Crippen LogP contribution < -0.4 is 20.0 Å². The summed E-state index contributed by atoms with van der Waals surface area (Å²) in [6, 6.07) is 24.5. The number of aromatic nitrogens is 6. The van der Waals surface area contributed by atoms with Crippen molar-refractivity contribution in [1.82, 2.24) is 59.7 Å². The third kappa shape index (κ3) is 20.9. The molecule has 12 aromatic rings. The number of aryl methyl sites for hydroxylation is 3. The van der Waals surface area contributed by atoms with Crippen LogP contribution in [0.15, 0.2) is 102 Å². The van der Waals surface area contributed by atoms with Gasteiger partial charge in [-0.3, -0.25) is 24.3 Å². The molecule has 0 atom stereocenters. The van der Waals surface area contributed by atoms with E-state index in [4.69, 9.17) is 83.6 Å². The van der Waals surface area contributed by atoms with E-state index in [9.17, 15) is 27.6 Å². The van der Waals surface area contributed by atoms with E-state index in [0.717, 1.165) is 257 Å². The van der Waals surface area contributed by atoms with Gasteiger partial charge < -0.3 is 67.1 Å². The largest absolute Gasteiger partial charge is 0.490 e. The van der Waals surface area contributed by atoms with Gasteiger partial charge in [-0.1, -0.05) is 82.3 Å². The highest BCUT2D eigenvalue weighted by Gasteiger charge is 2.39. The van der Waals surface area contributed by atoms with E-state index in [1.165, 1.54) is 16.7 Å². The minimum absolute atomic E-state index is 0.0216. The predicted octanol–water partition coefficient (Wildman–Crippen LogP) is 15.5. The number of nitrogens with zero attached hydrogens (tertiary/aromatic N) is 14. The number of anilines is 3. The zero-order valence-corrected chi connectivity index (χ0v) is 73.0. The second-order valence-electron chi connectivity index (χ2n) is 32.1. The number of amides is 2. The van der Waals surface area contributed by atoms with Crippen molar-refractivity contribution in [2.75, 3.05) is 172 Å². The minimum Gasteiger partial charge on any atom is -0.475 e. The Hall–Kier alpha value is -9.52. The Morgan fingerprint density at radius 2 is 0.777 bits per heavy atom. The lowest BCUT2D eigenvalue weighted by molar-refractivity contribution is -0.192. The summed E-state index contributed by atoms with van der Waals surface area (Å²) in [7, 11) is 0. The number of morpholine rings is 3. The number of aliphatic carboxylic acids is 1. The van der Waals surface area contributed by atoms with Crippen molar-refractivity contribution >= 4 is 150 Å². The fourth-order valence-corrected chi connectivity index (χ4v) is 18.3. The molecular formula is C87H103ClF3N15O12S3. The van der Waals surface area contributed by atoms with Crippen LogP contribution in [0.5, 0.6) is 0 Å². The molecule has 6 aliphatic rings. The molecule has 0 spiro atoms. The van der Waals surface area contributed by atoms with Crippen LogP contribution in [0.25, 0.3) is 97.3 Å². The lowest BCUT2D eigenvalue weighted by Crippen LogP contribution is -2.49. The number of carboxylic acids is 1. The average molecular weight is 1740 g/mol. The summed E-state index contributed by atoms with van der Waals surface area (Å²) in [5.74, 6) is 2.42. The van der Waals surface area contributed by atoms with Crippen molar-refractivity contribution in [2.45, 2.75) is 101 Å². The maximum Gasteiger partial charge on any atom is 0.490 e. The van der Waals surface area contributed by atoms with Crippen molar-refractivity contribution in [3.05, 3.63) is 123 Å². The standard InChI is InChI=1S/C29H35N5O4S.C28H33N5O3S.C24H27N5O2S.C4H7ClO.C2HF3O2/c1-19-23(21-7-5-6-8-22(21)37-19)25-26-24(30-27(31-25)33-13-15-36-16-14-33)20(18-39-26)17-32-9-11-34(12-10-32)28(35)38-29(2,3)4;1-18(2)27(34)32-10-8-31(9-11-32)16-20-17-37-26-24(20)29-28(33-12-14-35-15-13-33)30-25(26)23-19(3)36-22-7-5-4-6-21(22)23;1-16-20(18-4-2-3-5-19(18)31-16)22-23-21(26-24(27-22)29-10-12-30-13-11-29)17(15-32-23)14-28-8-6-25-7-9-28;1-3(2)4(5)6;3-2(4,5)1(6)7/h5-8,18H,9-17H2,1-4H3;4-7,17-18H,8-16H2,1-3H3;2-5,15,25H,6-14H2,1H3;3H,1-2H3;(H,6,7). The molecule has 34 heteroatoms. The summed E-state index contributed by atoms with van der Waals surface area (Å²) in [5, 5.41) is 20.3. The van der Waals surface area contributed by atoms with Gasteiger partial charge in [0.25, 0.3) is 0 Å². The summed E-state index contributed by atoms with van der Waals surface area (Å²) in [5.41, 5.74) is 14.9. The lowest BCUT2D eigenvalue weighted by Gasteiger charge is -2.35. The van der Waals surface area contributed by atoms with E-state index in [1.807, 2.05) is 109 Å². The number of furan rings is 3. The zero-order valence-electron chi connectivity index (χ0n) is 69.8. The maximum atomic E-state index is 12.5. The topological polar surface area (TPSA) is 280 Å². The van der Waals surface area contributed by atoms with E-state index in [-0.39, 0.29) is 29.1 Å². The zero-order chi connectivity index (χ0) is 85.4. The van der Waals surface area contributed by atoms with Crippen molar-refractivity contribution in [1.29, 1.82) is 0 Å². The first kappa shape index (κ1) is 87.8. The molecule has 0 unspecified atom stereocenters. The fraction of sp³-hybridized carbons (Fsp3) is 0.471. The monoisotopic (exact) mass is 1740 g/mol. The molecule has 2 N–H and O–H groups in total. The number of alkyl halides is 3. The summed E-state index contributed by atoms with van der Waals surface area (Å²) < 4.78 is 75.8. The number of ether oxygens (including phenoxy) is 4. The molecule has 2 amide bonds. The van der Waals surface area contributed by atoms with Gasteiger partial charge in [0.05, 0.1) is 104 Å². The average Bonchev–Trinajstić information content (AvgIpc) is 1.65. The minimum atomic E-state index is -5.08. The number of thiophene rings is 3. The molecule has 6 fully saturated rings. The van der Waals surface area contributed by atoms with Crippen LogP contribution in [0.4, 0.5) is 35.8 Å². The van der Waals surface area contributed by atoms with Crippen molar-refractivity contribution in [3.63, 3.8) is 0 Å². The Morgan fingerprint density at radius 1 is 0.471 bits per heavy atom. The Balaban J connectivity index is 0.000000138. The van der Waals surface area contributed by atoms with Gasteiger partial charge in [-0.05, 0) is 87.5 Å². The highest BCUT2D eigenvalue weighted by molar-refractivity contribution is 7.18. The van der Waals surface area contributed by atoms with Gasteiger partial charge in [-0.25, -0.2) is 39.5 Å². The Kier molecular flexibility index (Phi) is 28.2. The van der Waals surface area contributed by atoms with Crippen LogP contribution in [-0.2, 0) is 53.0 Å². The quantitative estimate of drug-likeness (QED) is 0.0957. The van der Waals surface area contributed by atoms with E-state index < -0.39 is 17.7 Å². The molecule has 6 saturated heterocycles. The van der Waals surface area contributed by atoms with Gasteiger partial charge >= 0.3 is 18.2 Å². The van der Waals surface area contributed by atoms with Crippen molar-refractivity contribution in [2.24, 2.45) is 11.8 Å². The van der Waals surface area contributed by atoms with E-state index in [2.05, 4.69) is 75.1 Å². The Morgan fingerprint density at radius 3 is 1.07 bits per heavy atom. The molecule has 18 rings (SSSR count). The third-order valence-corrected chi connectivity index (χ3v) is 25.1. The molecule has 0 bridgehead atoms. The summed E-state index contributed by atoms with van der Waals surface area (Å²) in [4.78, 5) is 92.3. The van der Waals surface area contributed by atoms with E-state index in [1.54, 1.807) is 52.8 Å². The fourth-order valence-electron chi connectivity index (χ4n) is 15.3. The molecule has 6 aliphatic heterocycles. The molecule has 3 aromatic carbocycles. The molecular weight excluding hydrogens is 1640 g/mol. The number of rotatable bonds is 14. The number of fused-ring (bicyclic) bond motifs is 6. The molecule has 644 valence electrons. The van der Waals surface area contributed by atoms with Crippen LogP contribution in [-0.4, -0.2) is 252 Å². The van der Waals surface area contributed by atoms with Crippen LogP contribution in [0, 0.1) is 32.6 Å². The highest BCUT2D eigenvalue weighted by atomic mass is 35.5. The normalized spacial score (nSPS) is 16.8. The molecule has 0 radical (unpaired) electrons. The predicted molar refractivity (Wildman–Crippen MR) is 468 cm³/mol. The van der Waals surface area contributed by atoms with Crippen LogP contribution in [0.2, 0.25) is 0 Å². The third-order valence-electron chi connectivity index (χ3n) is 21.6. The van der Waals surface area contributed by atoms with Crippen LogP contribution in [0.1, 0.15) is 82.4 Å². The number of halogens is 4. The first-order valence-electron chi connectivity index (χ1n) is 41.0. The van der Waals surface area contributed by atoms with Gasteiger partial charge in [-0.15, -0.1) is 34.0 Å². The smallest absolute Gasteiger partial charge is 0.475 e. The lowest BCUT2D eigenvalue weighted by atomic mass is 10.1. The van der Waals surface area contributed by atoms with Gasteiger partial charge in [0.1, 0.15) is 39.6 Å². The van der Waals surface area contributed by atoms with Crippen molar-refractivity contribution in [3.8, 4) is 33.8 Å². The number of carbonyl (C=O) groups excluding carboxylic acids is 3. The number of hydrogen-bond acceptors (Lipinski definition) is 27. The summed E-state index contributed by atoms with van der Waals surface area (Å²) in [6.45, 7) is 41.0. The highest BCUT2D eigenvalue weighted by Crippen LogP contribution is 2.45. The molecule has 0 saturated carbocycles. The number of nitrogens with one attached hydrogen (secondary N) is 1. The van der Waals surface area contributed by atoms with Crippen molar-refractivity contribution < 1.29 is 69.7 Å². The number of hydrogen-bond donors (Lipinski definition) is 2.